The summed E-state index contributed by atoms with van der Waals surface area (Å²) in [5.74, 6) is 0. The molecule has 1 atom stereocenters. The van der Waals surface area contributed by atoms with Crippen molar-refractivity contribution in [3.8, 4) is 0 Å². The van der Waals surface area contributed by atoms with Gasteiger partial charge in [-0.3, -0.25) is 0 Å². The molecule has 1 unspecified atom stereocenters. The van der Waals surface area contributed by atoms with E-state index in [1.807, 2.05) is 0 Å². The maximum absolute atomic E-state index is 12.5. The van der Waals surface area contributed by atoms with Crippen LogP contribution in [-0.4, -0.2) is 43.9 Å². The highest BCUT2D eigenvalue weighted by Gasteiger charge is 2.34. The quantitative estimate of drug-likeness (QED) is 0.781. The normalized spacial score (nSPS) is 22.0. The molecule has 1 heterocycles. The zero-order chi connectivity index (χ0) is 13.2. The molecular formula is C11H13BrClNO3S. The standard InChI is InChI=1S/C11H13BrClNO3S/c12-7-9-8-17-6-5-14(9)18(15,16)11-4-2-1-3-10(11)13/h1-4,9H,5-8H2. The number of rotatable bonds is 3. The molecular weight excluding hydrogens is 342 g/mol. The van der Waals surface area contributed by atoms with Gasteiger partial charge >= 0.3 is 0 Å². The Morgan fingerprint density at radius 3 is 2.83 bits per heavy atom. The van der Waals surface area contributed by atoms with Crippen molar-refractivity contribution >= 4 is 37.6 Å². The Balaban J connectivity index is 2.39. The van der Waals surface area contributed by atoms with E-state index in [0.717, 1.165) is 0 Å². The number of alkyl halides is 1. The minimum atomic E-state index is -3.56. The number of nitrogens with zero attached hydrogens (tertiary/aromatic N) is 1. The summed E-state index contributed by atoms with van der Waals surface area (Å²) < 4.78 is 31.8. The molecule has 0 amide bonds. The number of halogens is 2. The molecule has 0 saturated carbocycles. The monoisotopic (exact) mass is 353 g/mol. The van der Waals surface area contributed by atoms with Crippen LogP contribution in [0.5, 0.6) is 0 Å². The first-order valence-corrected chi connectivity index (χ1v) is 8.41. The van der Waals surface area contributed by atoms with Crippen molar-refractivity contribution in [3.05, 3.63) is 29.3 Å². The topological polar surface area (TPSA) is 46.6 Å². The lowest BCUT2D eigenvalue weighted by molar-refractivity contribution is 0.0413. The van der Waals surface area contributed by atoms with Crippen LogP contribution in [0.1, 0.15) is 0 Å². The van der Waals surface area contributed by atoms with Crippen LogP contribution >= 0.6 is 27.5 Å². The molecule has 0 bridgehead atoms. The third-order valence-electron chi connectivity index (χ3n) is 2.77. The van der Waals surface area contributed by atoms with E-state index >= 15 is 0 Å². The molecule has 1 aromatic rings. The second-order valence-electron chi connectivity index (χ2n) is 3.93. The molecule has 0 aromatic heterocycles. The lowest BCUT2D eigenvalue weighted by atomic mass is 10.3. The van der Waals surface area contributed by atoms with E-state index in [-0.39, 0.29) is 16.0 Å². The fourth-order valence-corrected chi connectivity index (χ4v) is 4.67. The second-order valence-corrected chi connectivity index (χ2v) is 6.84. The fraction of sp³-hybridized carbons (Fsp3) is 0.455. The Kier molecular flexibility index (Phi) is 4.66. The van der Waals surface area contributed by atoms with Crippen LogP contribution in [0.25, 0.3) is 0 Å². The lowest BCUT2D eigenvalue weighted by Gasteiger charge is -2.33. The van der Waals surface area contributed by atoms with Crippen LogP contribution in [0.3, 0.4) is 0 Å². The summed E-state index contributed by atoms with van der Waals surface area (Å²) in [6.07, 6.45) is 0. The van der Waals surface area contributed by atoms with Gasteiger partial charge in [0.05, 0.1) is 24.3 Å². The van der Waals surface area contributed by atoms with Crippen molar-refractivity contribution in [1.29, 1.82) is 0 Å². The molecule has 0 aliphatic carbocycles. The molecule has 7 heteroatoms. The van der Waals surface area contributed by atoms with Gasteiger partial charge in [0, 0.05) is 11.9 Å². The van der Waals surface area contributed by atoms with Gasteiger partial charge in [-0.15, -0.1) is 0 Å². The summed E-state index contributed by atoms with van der Waals surface area (Å²) in [4.78, 5) is 0.152. The minimum Gasteiger partial charge on any atom is -0.378 e. The Labute approximate surface area is 120 Å². The Morgan fingerprint density at radius 1 is 1.44 bits per heavy atom. The molecule has 0 radical (unpaired) electrons. The van der Waals surface area contributed by atoms with E-state index in [4.69, 9.17) is 16.3 Å². The third-order valence-corrected chi connectivity index (χ3v) is 5.97. The highest BCUT2D eigenvalue weighted by Crippen LogP contribution is 2.27. The number of sulfonamides is 1. The Morgan fingerprint density at radius 2 is 2.17 bits per heavy atom. The van der Waals surface area contributed by atoms with Crippen LogP contribution < -0.4 is 0 Å². The lowest BCUT2D eigenvalue weighted by Crippen LogP contribution is -2.49. The fourth-order valence-electron chi connectivity index (χ4n) is 1.86. The molecule has 1 aliphatic rings. The van der Waals surface area contributed by atoms with Gasteiger partial charge in [-0.2, -0.15) is 4.31 Å². The van der Waals surface area contributed by atoms with Crippen LogP contribution in [-0.2, 0) is 14.8 Å². The highest BCUT2D eigenvalue weighted by atomic mass is 79.9. The van der Waals surface area contributed by atoms with Crippen molar-refractivity contribution < 1.29 is 13.2 Å². The number of benzene rings is 1. The molecule has 0 N–H and O–H groups in total. The summed E-state index contributed by atoms with van der Waals surface area (Å²) in [6, 6.07) is 6.29. The van der Waals surface area contributed by atoms with Gasteiger partial charge in [0.2, 0.25) is 10.0 Å². The number of ether oxygens (including phenoxy) is 1. The summed E-state index contributed by atoms with van der Waals surface area (Å²) in [5.41, 5.74) is 0. The van der Waals surface area contributed by atoms with E-state index < -0.39 is 10.0 Å². The van der Waals surface area contributed by atoms with Gasteiger partial charge < -0.3 is 4.74 Å². The summed E-state index contributed by atoms with van der Waals surface area (Å²) in [7, 11) is -3.56. The Bertz CT molecular complexity index is 523. The van der Waals surface area contributed by atoms with E-state index in [1.54, 1.807) is 18.2 Å². The van der Waals surface area contributed by atoms with E-state index in [0.29, 0.717) is 25.1 Å². The summed E-state index contributed by atoms with van der Waals surface area (Å²) in [5, 5.41) is 0.786. The minimum absolute atomic E-state index is 0.152. The molecule has 1 saturated heterocycles. The molecule has 0 spiro atoms. The third kappa shape index (κ3) is 2.72. The van der Waals surface area contributed by atoms with Crippen LogP contribution in [0.4, 0.5) is 0 Å². The van der Waals surface area contributed by atoms with Crippen molar-refractivity contribution in [1.82, 2.24) is 4.31 Å². The molecule has 18 heavy (non-hydrogen) atoms. The zero-order valence-corrected chi connectivity index (χ0v) is 12.7. The Hall–Kier alpha value is -0.140. The van der Waals surface area contributed by atoms with Crippen molar-refractivity contribution in [2.24, 2.45) is 0 Å². The molecule has 100 valence electrons. The van der Waals surface area contributed by atoms with Crippen LogP contribution in [0.2, 0.25) is 5.02 Å². The summed E-state index contributed by atoms with van der Waals surface area (Å²) >= 11 is 9.29. The average Bonchev–Trinajstić information content (AvgIpc) is 2.39. The molecule has 2 rings (SSSR count). The van der Waals surface area contributed by atoms with Gasteiger partial charge in [0.1, 0.15) is 4.90 Å². The number of hydrogen-bond donors (Lipinski definition) is 0. The molecule has 1 aliphatic heterocycles. The van der Waals surface area contributed by atoms with Crippen LogP contribution in [0, 0.1) is 0 Å². The predicted octanol–water partition coefficient (Wildman–Crippen LogP) is 2.12. The van der Waals surface area contributed by atoms with Crippen molar-refractivity contribution in [2.75, 3.05) is 25.1 Å². The largest absolute Gasteiger partial charge is 0.378 e. The zero-order valence-electron chi connectivity index (χ0n) is 9.55. The van der Waals surface area contributed by atoms with Gasteiger partial charge in [0.15, 0.2) is 0 Å². The first kappa shape index (κ1) is 14.3. The molecule has 4 nitrogen and oxygen atoms in total. The molecule has 1 aromatic carbocycles. The first-order chi connectivity index (χ1) is 8.57. The smallest absolute Gasteiger partial charge is 0.244 e. The van der Waals surface area contributed by atoms with E-state index in [9.17, 15) is 8.42 Å². The second kappa shape index (κ2) is 5.88. The maximum Gasteiger partial charge on any atom is 0.244 e. The summed E-state index contributed by atoms with van der Waals surface area (Å²) in [6.45, 7) is 1.16. The van der Waals surface area contributed by atoms with Gasteiger partial charge in [-0.05, 0) is 12.1 Å². The first-order valence-electron chi connectivity index (χ1n) is 5.47. The van der Waals surface area contributed by atoms with Crippen molar-refractivity contribution in [3.63, 3.8) is 0 Å². The van der Waals surface area contributed by atoms with Gasteiger partial charge in [-0.25, -0.2) is 8.42 Å². The predicted molar refractivity (Wildman–Crippen MR) is 73.7 cm³/mol. The van der Waals surface area contributed by atoms with Gasteiger partial charge in [0.25, 0.3) is 0 Å². The van der Waals surface area contributed by atoms with E-state index in [1.165, 1.54) is 10.4 Å². The maximum atomic E-state index is 12.5. The van der Waals surface area contributed by atoms with Crippen molar-refractivity contribution in [2.45, 2.75) is 10.9 Å². The number of hydrogen-bond acceptors (Lipinski definition) is 3. The van der Waals surface area contributed by atoms with Gasteiger partial charge in [-0.1, -0.05) is 39.7 Å². The molecule has 1 fully saturated rings. The average molecular weight is 355 g/mol. The van der Waals surface area contributed by atoms with Crippen LogP contribution in [0.15, 0.2) is 29.2 Å². The number of morpholine rings is 1. The van der Waals surface area contributed by atoms with E-state index in [2.05, 4.69) is 15.9 Å². The highest BCUT2D eigenvalue weighted by molar-refractivity contribution is 9.09. The SMILES string of the molecule is O=S(=O)(c1ccccc1Cl)N1CCOCC1CBr.